The Balaban J connectivity index is 1.57. The average Bonchev–Trinajstić information content (AvgIpc) is 3.24. The number of aromatic nitrogens is 2. The van der Waals surface area contributed by atoms with Crippen molar-refractivity contribution in [2.24, 2.45) is 0 Å². The third-order valence-electron chi connectivity index (χ3n) is 4.79. The van der Waals surface area contributed by atoms with Crippen molar-refractivity contribution in [2.75, 3.05) is 38.2 Å². The number of morpholine rings is 1. The van der Waals surface area contributed by atoms with E-state index < -0.39 is 0 Å². The highest BCUT2D eigenvalue weighted by molar-refractivity contribution is 7.18. The Kier molecular flexibility index (Phi) is 5.19. The second kappa shape index (κ2) is 7.73. The standard InChI is InChI=1S/C19H24N4O2S/c1-13-14(2)26-19-17(13)18(20-6-5-15-4-3-9-25-15)21-16(22-19)12-23-7-10-24-11-8-23/h3-4,9H,5-8,10-12H2,1-2H3,(H,20,21,22). The number of hydrogen-bond acceptors (Lipinski definition) is 7. The van der Waals surface area contributed by atoms with Crippen LogP contribution in [0.15, 0.2) is 22.8 Å². The molecule has 0 radical (unpaired) electrons. The Morgan fingerprint density at radius 3 is 2.85 bits per heavy atom. The Bertz CT molecular complexity index is 869. The number of anilines is 1. The Morgan fingerprint density at radius 1 is 1.23 bits per heavy atom. The van der Waals surface area contributed by atoms with Crippen LogP contribution in [-0.2, 0) is 17.7 Å². The maximum atomic E-state index is 5.44. The lowest BCUT2D eigenvalue weighted by molar-refractivity contribution is 0.0331. The van der Waals surface area contributed by atoms with E-state index in [-0.39, 0.29) is 0 Å². The summed E-state index contributed by atoms with van der Waals surface area (Å²) >= 11 is 1.75. The van der Waals surface area contributed by atoms with Gasteiger partial charge in [0, 0.05) is 30.9 Å². The number of fused-ring (bicyclic) bond motifs is 1. The molecule has 1 fully saturated rings. The van der Waals surface area contributed by atoms with Gasteiger partial charge in [-0.05, 0) is 31.5 Å². The highest BCUT2D eigenvalue weighted by Gasteiger charge is 2.17. The molecule has 1 saturated heterocycles. The molecule has 4 rings (SSSR count). The molecule has 0 aromatic carbocycles. The van der Waals surface area contributed by atoms with Crippen LogP contribution in [0.25, 0.3) is 10.2 Å². The fourth-order valence-electron chi connectivity index (χ4n) is 3.21. The van der Waals surface area contributed by atoms with Crippen molar-refractivity contribution in [1.29, 1.82) is 0 Å². The minimum absolute atomic E-state index is 0.766. The van der Waals surface area contributed by atoms with Gasteiger partial charge >= 0.3 is 0 Å². The van der Waals surface area contributed by atoms with Crippen molar-refractivity contribution in [3.05, 3.63) is 40.4 Å². The lowest BCUT2D eigenvalue weighted by Gasteiger charge is -2.25. The molecule has 26 heavy (non-hydrogen) atoms. The maximum absolute atomic E-state index is 5.44. The number of hydrogen-bond donors (Lipinski definition) is 1. The summed E-state index contributed by atoms with van der Waals surface area (Å²) in [5, 5.41) is 4.66. The third-order valence-corrected chi connectivity index (χ3v) is 5.89. The summed E-state index contributed by atoms with van der Waals surface area (Å²) in [6.45, 7) is 9.29. The molecule has 6 nitrogen and oxygen atoms in total. The predicted molar refractivity (Wildman–Crippen MR) is 104 cm³/mol. The predicted octanol–water partition coefficient (Wildman–Crippen LogP) is 3.39. The zero-order valence-electron chi connectivity index (χ0n) is 15.2. The minimum atomic E-state index is 0.766. The van der Waals surface area contributed by atoms with E-state index in [0.717, 1.165) is 73.4 Å². The highest BCUT2D eigenvalue weighted by Crippen LogP contribution is 2.33. The molecular weight excluding hydrogens is 348 g/mol. The molecule has 4 heterocycles. The van der Waals surface area contributed by atoms with E-state index in [4.69, 9.17) is 19.1 Å². The molecule has 138 valence electrons. The van der Waals surface area contributed by atoms with Crippen LogP contribution >= 0.6 is 11.3 Å². The number of nitrogens with zero attached hydrogens (tertiary/aromatic N) is 3. The van der Waals surface area contributed by atoms with Gasteiger partial charge in [-0.3, -0.25) is 4.90 Å². The van der Waals surface area contributed by atoms with Crippen LogP contribution in [0.1, 0.15) is 22.0 Å². The molecule has 1 aliphatic heterocycles. The summed E-state index contributed by atoms with van der Waals surface area (Å²) in [6, 6.07) is 3.92. The van der Waals surface area contributed by atoms with Crippen LogP contribution < -0.4 is 5.32 Å². The molecular formula is C19H24N4O2S. The van der Waals surface area contributed by atoms with E-state index in [1.54, 1.807) is 17.6 Å². The second-order valence-electron chi connectivity index (χ2n) is 6.60. The number of furan rings is 1. The SMILES string of the molecule is Cc1sc2nc(CN3CCOCC3)nc(NCCc3ccco3)c2c1C. The molecule has 0 amide bonds. The number of ether oxygens (including phenoxy) is 1. The van der Waals surface area contributed by atoms with Crippen LogP contribution in [0.4, 0.5) is 5.82 Å². The maximum Gasteiger partial charge on any atom is 0.146 e. The summed E-state index contributed by atoms with van der Waals surface area (Å²) in [6.07, 6.45) is 2.55. The normalized spacial score (nSPS) is 15.6. The summed E-state index contributed by atoms with van der Waals surface area (Å²) < 4.78 is 10.9. The third kappa shape index (κ3) is 3.75. The van der Waals surface area contributed by atoms with Gasteiger partial charge in [0.2, 0.25) is 0 Å². The summed E-state index contributed by atoms with van der Waals surface area (Å²) in [5.74, 6) is 2.79. The van der Waals surface area contributed by atoms with E-state index in [1.165, 1.54) is 10.4 Å². The molecule has 0 unspecified atom stereocenters. The first-order chi connectivity index (χ1) is 12.7. The van der Waals surface area contributed by atoms with Gasteiger partial charge in [-0.15, -0.1) is 11.3 Å². The van der Waals surface area contributed by atoms with E-state index in [1.807, 2.05) is 12.1 Å². The van der Waals surface area contributed by atoms with Crippen LogP contribution in [0.3, 0.4) is 0 Å². The van der Waals surface area contributed by atoms with Gasteiger partial charge in [-0.25, -0.2) is 9.97 Å². The van der Waals surface area contributed by atoms with Crippen molar-refractivity contribution in [3.8, 4) is 0 Å². The molecule has 0 atom stereocenters. The minimum Gasteiger partial charge on any atom is -0.469 e. The van der Waals surface area contributed by atoms with Crippen molar-refractivity contribution in [1.82, 2.24) is 14.9 Å². The van der Waals surface area contributed by atoms with Gasteiger partial charge in [0.25, 0.3) is 0 Å². The van der Waals surface area contributed by atoms with Gasteiger partial charge in [0.15, 0.2) is 0 Å². The molecule has 0 saturated carbocycles. The lowest BCUT2D eigenvalue weighted by Crippen LogP contribution is -2.36. The van der Waals surface area contributed by atoms with E-state index in [9.17, 15) is 0 Å². The number of aryl methyl sites for hydroxylation is 2. The van der Waals surface area contributed by atoms with Crippen molar-refractivity contribution in [2.45, 2.75) is 26.8 Å². The topological polar surface area (TPSA) is 63.4 Å². The fraction of sp³-hybridized carbons (Fsp3) is 0.474. The van der Waals surface area contributed by atoms with E-state index >= 15 is 0 Å². The molecule has 0 spiro atoms. The lowest BCUT2D eigenvalue weighted by atomic mass is 10.2. The fourth-order valence-corrected chi connectivity index (χ4v) is 4.26. The van der Waals surface area contributed by atoms with Crippen LogP contribution in [-0.4, -0.2) is 47.7 Å². The molecule has 0 aliphatic carbocycles. The summed E-state index contributed by atoms with van der Waals surface area (Å²) in [7, 11) is 0. The molecule has 7 heteroatoms. The monoisotopic (exact) mass is 372 g/mol. The van der Waals surface area contributed by atoms with Crippen molar-refractivity contribution in [3.63, 3.8) is 0 Å². The molecule has 1 aliphatic rings. The van der Waals surface area contributed by atoms with Gasteiger partial charge < -0.3 is 14.5 Å². The van der Waals surface area contributed by atoms with Crippen LogP contribution in [0, 0.1) is 13.8 Å². The molecule has 1 N–H and O–H groups in total. The second-order valence-corrected chi connectivity index (χ2v) is 7.80. The molecule has 0 bridgehead atoms. The Morgan fingerprint density at radius 2 is 2.08 bits per heavy atom. The van der Waals surface area contributed by atoms with Gasteiger partial charge in [0.1, 0.15) is 22.2 Å². The van der Waals surface area contributed by atoms with Gasteiger partial charge in [-0.2, -0.15) is 0 Å². The van der Waals surface area contributed by atoms with E-state index in [0.29, 0.717) is 0 Å². The smallest absolute Gasteiger partial charge is 0.146 e. The van der Waals surface area contributed by atoms with E-state index in [2.05, 4.69) is 24.1 Å². The molecule has 3 aromatic heterocycles. The molecule has 3 aromatic rings. The Labute approximate surface area is 157 Å². The van der Waals surface area contributed by atoms with Crippen LogP contribution in [0.5, 0.6) is 0 Å². The number of rotatable bonds is 6. The zero-order chi connectivity index (χ0) is 17.9. The first-order valence-electron chi connectivity index (χ1n) is 9.03. The zero-order valence-corrected chi connectivity index (χ0v) is 16.1. The average molecular weight is 372 g/mol. The van der Waals surface area contributed by atoms with Crippen molar-refractivity contribution < 1.29 is 9.15 Å². The number of thiophene rings is 1. The first-order valence-corrected chi connectivity index (χ1v) is 9.85. The highest BCUT2D eigenvalue weighted by atomic mass is 32.1. The van der Waals surface area contributed by atoms with Gasteiger partial charge in [-0.1, -0.05) is 0 Å². The Hall–Kier alpha value is -1.96. The van der Waals surface area contributed by atoms with Crippen molar-refractivity contribution >= 4 is 27.4 Å². The largest absolute Gasteiger partial charge is 0.469 e. The first kappa shape index (κ1) is 17.5. The number of nitrogens with one attached hydrogen (secondary N) is 1. The summed E-state index contributed by atoms with van der Waals surface area (Å²) in [4.78, 5) is 14.4. The quantitative estimate of drug-likeness (QED) is 0.716. The van der Waals surface area contributed by atoms with Crippen LogP contribution in [0.2, 0.25) is 0 Å². The van der Waals surface area contributed by atoms with Gasteiger partial charge in [0.05, 0.1) is 31.4 Å². The summed E-state index contributed by atoms with van der Waals surface area (Å²) in [5.41, 5.74) is 1.27.